The van der Waals surface area contributed by atoms with E-state index in [4.69, 9.17) is 5.73 Å². The molecule has 0 fully saturated rings. The largest absolute Gasteiger partial charge is 0.398 e. The molecule has 0 amide bonds. The second kappa shape index (κ2) is 7.93. The predicted molar refractivity (Wildman–Crippen MR) is 106 cm³/mol. The Morgan fingerprint density at radius 1 is 0.720 bits per heavy atom. The predicted octanol–water partition coefficient (Wildman–Crippen LogP) is 5.34. The van der Waals surface area contributed by atoms with Gasteiger partial charge in [-0.15, -0.1) is 0 Å². The number of nitrogen functional groups attached to an aromatic ring is 1. The molecule has 3 aromatic carbocycles. The van der Waals surface area contributed by atoms with Crippen LogP contribution in [-0.4, -0.2) is 5.78 Å². The van der Waals surface area contributed by atoms with Crippen LogP contribution in [0.2, 0.25) is 0 Å². The molecule has 0 atom stereocenters. The van der Waals surface area contributed by atoms with Crippen LogP contribution in [0.25, 0.3) is 18.2 Å². The lowest BCUT2D eigenvalue weighted by Gasteiger charge is -2.03. The van der Waals surface area contributed by atoms with Gasteiger partial charge in [-0.2, -0.15) is 0 Å². The Labute approximate surface area is 147 Å². The quantitative estimate of drug-likeness (QED) is 0.298. The number of ketones is 1. The van der Waals surface area contributed by atoms with Gasteiger partial charge in [0.25, 0.3) is 0 Å². The van der Waals surface area contributed by atoms with Crippen molar-refractivity contribution in [3.05, 3.63) is 107 Å². The summed E-state index contributed by atoms with van der Waals surface area (Å²) in [5.41, 5.74) is 10.3. The third kappa shape index (κ3) is 4.55. The highest BCUT2D eigenvalue weighted by Crippen LogP contribution is 2.18. The van der Waals surface area contributed by atoms with E-state index >= 15 is 0 Å². The molecule has 0 bridgehead atoms. The molecule has 0 saturated carbocycles. The maximum atomic E-state index is 12.2. The van der Waals surface area contributed by atoms with Crippen LogP contribution in [0, 0.1) is 0 Å². The molecule has 122 valence electrons. The topological polar surface area (TPSA) is 43.1 Å². The SMILES string of the molecule is Nc1ccc(/C=C/c2ccccc2)cc1/C=C/C(=O)c1ccccc1. The highest BCUT2D eigenvalue weighted by atomic mass is 16.1. The maximum absolute atomic E-state index is 12.2. The van der Waals surface area contributed by atoms with Crippen LogP contribution in [0.5, 0.6) is 0 Å². The second-order valence-corrected chi connectivity index (χ2v) is 5.70. The average Bonchev–Trinajstić information content (AvgIpc) is 2.67. The first-order chi connectivity index (χ1) is 12.2. The van der Waals surface area contributed by atoms with Crippen LogP contribution >= 0.6 is 0 Å². The summed E-state index contributed by atoms with van der Waals surface area (Å²) < 4.78 is 0. The Balaban J connectivity index is 1.79. The number of anilines is 1. The summed E-state index contributed by atoms with van der Waals surface area (Å²) in [6.07, 6.45) is 7.41. The van der Waals surface area contributed by atoms with Crippen molar-refractivity contribution in [3.63, 3.8) is 0 Å². The number of hydrogen-bond donors (Lipinski definition) is 1. The zero-order valence-electron chi connectivity index (χ0n) is 13.8. The summed E-state index contributed by atoms with van der Waals surface area (Å²) in [6, 6.07) is 25.1. The molecule has 0 aliphatic rings. The van der Waals surface area contributed by atoms with Gasteiger partial charge < -0.3 is 5.73 Å². The highest BCUT2D eigenvalue weighted by molar-refractivity contribution is 6.07. The maximum Gasteiger partial charge on any atom is 0.185 e. The van der Waals surface area contributed by atoms with Crippen LogP contribution in [-0.2, 0) is 0 Å². The van der Waals surface area contributed by atoms with Gasteiger partial charge >= 0.3 is 0 Å². The lowest BCUT2D eigenvalue weighted by Crippen LogP contribution is -1.94. The van der Waals surface area contributed by atoms with Gasteiger partial charge in [0.1, 0.15) is 0 Å². The van der Waals surface area contributed by atoms with Crippen molar-refractivity contribution in [3.8, 4) is 0 Å². The molecular weight excluding hydrogens is 306 g/mol. The number of carbonyl (C=O) groups excluding carboxylic acids is 1. The van der Waals surface area contributed by atoms with E-state index < -0.39 is 0 Å². The van der Waals surface area contributed by atoms with E-state index in [1.165, 1.54) is 0 Å². The van der Waals surface area contributed by atoms with E-state index in [-0.39, 0.29) is 5.78 Å². The van der Waals surface area contributed by atoms with E-state index in [0.29, 0.717) is 11.3 Å². The number of allylic oxidation sites excluding steroid dienone is 1. The van der Waals surface area contributed by atoms with Crippen LogP contribution in [0.1, 0.15) is 27.0 Å². The molecule has 2 N–H and O–H groups in total. The molecule has 0 spiro atoms. The number of rotatable bonds is 5. The molecule has 0 aromatic heterocycles. The molecule has 25 heavy (non-hydrogen) atoms. The third-order valence-electron chi connectivity index (χ3n) is 3.85. The Morgan fingerprint density at radius 2 is 1.36 bits per heavy atom. The molecule has 0 aliphatic heterocycles. The Hall–Kier alpha value is -3.39. The molecule has 2 heteroatoms. The molecule has 0 heterocycles. The van der Waals surface area contributed by atoms with Crippen LogP contribution in [0.15, 0.2) is 84.9 Å². The summed E-state index contributed by atoms with van der Waals surface area (Å²) in [4.78, 5) is 12.2. The Kier molecular flexibility index (Phi) is 5.22. The van der Waals surface area contributed by atoms with Crippen molar-refractivity contribution >= 4 is 29.7 Å². The molecule has 0 aliphatic carbocycles. The number of carbonyl (C=O) groups is 1. The van der Waals surface area contributed by atoms with Gasteiger partial charge in [0, 0.05) is 11.3 Å². The van der Waals surface area contributed by atoms with Crippen molar-refractivity contribution in [1.82, 2.24) is 0 Å². The fourth-order valence-corrected chi connectivity index (χ4v) is 2.46. The van der Waals surface area contributed by atoms with Gasteiger partial charge in [-0.1, -0.05) is 78.9 Å². The summed E-state index contributed by atoms with van der Waals surface area (Å²) in [6.45, 7) is 0. The molecule has 3 aromatic rings. The standard InChI is InChI=1S/C23H19NO/c24-22-15-13-19(12-11-18-7-3-1-4-8-18)17-21(22)14-16-23(25)20-9-5-2-6-10-20/h1-17H,24H2/b12-11+,16-14+. The first-order valence-electron chi connectivity index (χ1n) is 8.12. The summed E-state index contributed by atoms with van der Waals surface area (Å²) in [5.74, 6) is -0.0368. The minimum atomic E-state index is -0.0368. The van der Waals surface area contributed by atoms with E-state index in [1.54, 1.807) is 24.3 Å². The fraction of sp³-hybridized carbons (Fsp3) is 0. The highest BCUT2D eigenvalue weighted by Gasteiger charge is 2.01. The summed E-state index contributed by atoms with van der Waals surface area (Å²) in [5, 5.41) is 0. The normalized spacial score (nSPS) is 11.2. The first kappa shape index (κ1) is 16.5. The molecule has 0 saturated heterocycles. The number of benzene rings is 3. The lowest BCUT2D eigenvalue weighted by atomic mass is 10.0. The molecule has 2 nitrogen and oxygen atoms in total. The zero-order chi connectivity index (χ0) is 17.5. The van der Waals surface area contributed by atoms with E-state index in [9.17, 15) is 4.79 Å². The Bertz CT molecular complexity index is 909. The van der Waals surface area contributed by atoms with Gasteiger partial charge in [-0.05, 0) is 41.0 Å². The van der Waals surface area contributed by atoms with Crippen molar-refractivity contribution in [1.29, 1.82) is 0 Å². The van der Waals surface area contributed by atoms with Gasteiger partial charge in [0.2, 0.25) is 0 Å². The first-order valence-corrected chi connectivity index (χ1v) is 8.12. The van der Waals surface area contributed by atoms with Gasteiger partial charge in [-0.3, -0.25) is 4.79 Å². The monoisotopic (exact) mass is 325 g/mol. The van der Waals surface area contributed by atoms with Crippen molar-refractivity contribution in [2.24, 2.45) is 0 Å². The minimum absolute atomic E-state index is 0.0368. The van der Waals surface area contributed by atoms with Crippen molar-refractivity contribution in [2.45, 2.75) is 0 Å². The van der Waals surface area contributed by atoms with Gasteiger partial charge in [-0.25, -0.2) is 0 Å². The number of nitrogens with two attached hydrogens (primary N) is 1. The Morgan fingerprint density at radius 3 is 2.08 bits per heavy atom. The fourth-order valence-electron chi connectivity index (χ4n) is 2.46. The smallest absolute Gasteiger partial charge is 0.185 e. The van der Waals surface area contributed by atoms with Gasteiger partial charge in [0.05, 0.1) is 0 Å². The minimum Gasteiger partial charge on any atom is -0.398 e. The van der Waals surface area contributed by atoms with Crippen molar-refractivity contribution < 1.29 is 4.79 Å². The lowest BCUT2D eigenvalue weighted by molar-refractivity contribution is 0.104. The molecule has 0 unspecified atom stereocenters. The van der Waals surface area contributed by atoms with E-state index in [0.717, 1.165) is 16.7 Å². The van der Waals surface area contributed by atoms with E-state index in [1.807, 2.05) is 78.9 Å². The van der Waals surface area contributed by atoms with Crippen LogP contribution < -0.4 is 5.73 Å². The van der Waals surface area contributed by atoms with Crippen LogP contribution in [0.3, 0.4) is 0 Å². The molecule has 3 rings (SSSR count). The van der Waals surface area contributed by atoms with E-state index in [2.05, 4.69) is 0 Å². The second-order valence-electron chi connectivity index (χ2n) is 5.70. The molecule has 0 radical (unpaired) electrons. The molecular formula is C23H19NO. The van der Waals surface area contributed by atoms with Crippen LogP contribution in [0.4, 0.5) is 5.69 Å². The zero-order valence-corrected chi connectivity index (χ0v) is 13.8. The van der Waals surface area contributed by atoms with Gasteiger partial charge in [0.15, 0.2) is 5.78 Å². The third-order valence-corrected chi connectivity index (χ3v) is 3.85. The van der Waals surface area contributed by atoms with Crippen molar-refractivity contribution in [2.75, 3.05) is 5.73 Å². The summed E-state index contributed by atoms with van der Waals surface area (Å²) >= 11 is 0. The number of hydrogen-bond acceptors (Lipinski definition) is 2. The summed E-state index contributed by atoms with van der Waals surface area (Å²) in [7, 11) is 0. The average molecular weight is 325 g/mol.